The fourth-order valence-corrected chi connectivity index (χ4v) is 3.27. The molecule has 1 aromatic rings. The van der Waals surface area contributed by atoms with Gasteiger partial charge in [0, 0.05) is 31.1 Å². The highest BCUT2D eigenvalue weighted by Gasteiger charge is 2.40. The minimum absolute atomic E-state index is 0.00783. The SMILES string of the molecule is CC(C)CN1CC(C(=O)N(Cc2ccccc2[N+](=O)[O-])CC(F)(F)F)CC1=O. The van der Waals surface area contributed by atoms with Crippen molar-refractivity contribution in [3.05, 3.63) is 39.9 Å². The number of hydrogen-bond donors (Lipinski definition) is 0. The van der Waals surface area contributed by atoms with E-state index in [4.69, 9.17) is 0 Å². The van der Waals surface area contributed by atoms with E-state index < -0.39 is 36.0 Å². The Kier molecular flexibility index (Phi) is 6.63. The molecule has 1 atom stereocenters. The third-order valence-electron chi connectivity index (χ3n) is 4.38. The molecule has 1 fully saturated rings. The number of nitro groups is 1. The van der Waals surface area contributed by atoms with Gasteiger partial charge < -0.3 is 9.80 Å². The number of nitro benzene ring substituents is 1. The molecule has 2 rings (SSSR count). The summed E-state index contributed by atoms with van der Waals surface area (Å²) in [7, 11) is 0. The molecule has 10 heteroatoms. The number of nitrogens with zero attached hydrogens (tertiary/aromatic N) is 3. The van der Waals surface area contributed by atoms with Gasteiger partial charge in [-0.2, -0.15) is 13.2 Å². The van der Waals surface area contributed by atoms with E-state index in [9.17, 15) is 32.9 Å². The van der Waals surface area contributed by atoms with Gasteiger partial charge in [0.2, 0.25) is 11.8 Å². The number of hydrogen-bond acceptors (Lipinski definition) is 4. The largest absolute Gasteiger partial charge is 0.406 e. The number of para-hydroxylation sites is 1. The van der Waals surface area contributed by atoms with Crippen molar-refractivity contribution >= 4 is 17.5 Å². The second-order valence-electron chi connectivity index (χ2n) is 7.29. The molecule has 1 unspecified atom stereocenters. The molecule has 1 aliphatic rings. The first-order chi connectivity index (χ1) is 13.0. The van der Waals surface area contributed by atoms with Crippen molar-refractivity contribution in [2.75, 3.05) is 19.6 Å². The molecule has 0 bridgehead atoms. The van der Waals surface area contributed by atoms with Crippen molar-refractivity contribution in [2.24, 2.45) is 11.8 Å². The lowest BCUT2D eigenvalue weighted by Gasteiger charge is -2.27. The van der Waals surface area contributed by atoms with E-state index in [2.05, 4.69) is 0 Å². The Labute approximate surface area is 160 Å². The van der Waals surface area contributed by atoms with Crippen molar-refractivity contribution in [1.82, 2.24) is 9.80 Å². The Bertz CT molecular complexity index is 752. The van der Waals surface area contributed by atoms with Gasteiger partial charge in [-0.1, -0.05) is 32.0 Å². The predicted molar refractivity (Wildman–Crippen MR) is 94.1 cm³/mol. The van der Waals surface area contributed by atoms with Crippen LogP contribution in [-0.4, -0.2) is 52.3 Å². The van der Waals surface area contributed by atoms with Crippen LogP contribution in [0, 0.1) is 22.0 Å². The van der Waals surface area contributed by atoms with Crippen LogP contribution >= 0.6 is 0 Å². The maximum Gasteiger partial charge on any atom is 0.406 e. The quantitative estimate of drug-likeness (QED) is 0.519. The highest BCUT2D eigenvalue weighted by Crippen LogP contribution is 2.27. The summed E-state index contributed by atoms with van der Waals surface area (Å²) in [4.78, 5) is 37.3. The second-order valence-corrected chi connectivity index (χ2v) is 7.29. The number of carbonyl (C=O) groups excluding carboxylic acids is 2. The number of halogens is 3. The maximum atomic E-state index is 13.0. The molecular formula is C18H22F3N3O4. The fraction of sp³-hybridized carbons (Fsp3) is 0.556. The summed E-state index contributed by atoms with van der Waals surface area (Å²) >= 11 is 0. The molecule has 1 aromatic carbocycles. The highest BCUT2D eigenvalue weighted by molar-refractivity contribution is 5.89. The van der Waals surface area contributed by atoms with Crippen LogP contribution in [0.5, 0.6) is 0 Å². The van der Waals surface area contributed by atoms with Gasteiger partial charge in [-0.05, 0) is 5.92 Å². The zero-order valence-corrected chi connectivity index (χ0v) is 15.6. The van der Waals surface area contributed by atoms with Gasteiger partial charge >= 0.3 is 6.18 Å². The van der Waals surface area contributed by atoms with Crippen LogP contribution in [0.1, 0.15) is 25.8 Å². The summed E-state index contributed by atoms with van der Waals surface area (Å²) in [6.45, 7) is 2.18. The molecule has 1 aliphatic heterocycles. The van der Waals surface area contributed by atoms with Gasteiger partial charge in [-0.25, -0.2) is 0 Å². The van der Waals surface area contributed by atoms with Gasteiger partial charge in [-0.15, -0.1) is 0 Å². The summed E-state index contributed by atoms with van der Waals surface area (Å²) in [5.41, 5.74) is -0.347. The predicted octanol–water partition coefficient (Wildman–Crippen LogP) is 2.99. The molecule has 0 N–H and O–H groups in total. The Hall–Kier alpha value is -2.65. The smallest absolute Gasteiger partial charge is 0.342 e. The molecule has 28 heavy (non-hydrogen) atoms. The normalized spacial score (nSPS) is 17.3. The Morgan fingerprint density at radius 1 is 1.36 bits per heavy atom. The van der Waals surface area contributed by atoms with Gasteiger partial charge in [0.25, 0.3) is 5.69 Å². The molecule has 0 spiro atoms. The molecule has 0 radical (unpaired) electrons. The van der Waals surface area contributed by atoms with Crippen molar-refractivity contribution < 1.29 is 27.7 Å². The van der Waals surface area contributed by atoms with Crippen molar-refractivity contribution in [3.63, 3.8) is 0 Å². The zero-order valence-electron chi connectivity index (χ0n) is 15.6. The number of carbonyl (C=O) groups is 2. The van der Waals surface area contributed by atoms with Crippen molar-refractivity contribution in [2.45, 2.75) is 33.0 Å². The third-order valence-corrected chi connectivity index (χ3v) is 4.38. The Morgan fingerprint density at radius 2 is 2.00 bits per heavy atom. The molecule has 1 saturated heterocycles. The first kappa shape index (κ1) is 21.6. The van der Waals surface area contributed by atoms with Crippen LogP contribution in [-0.2, 0) is 16.1 Å². The van der Waals surface area contributed by atoms with E-state index >= 15 is 0 Å². The van der Waals surface area contributed by atoms with Crippen LogP contribution in [0.2, 0.25) is 0 Å². The van der Waals surface area contributed by atoms with E-state index in [0.29, 0.717) is 11.4 Å². The standard InChI is InChI=1S/C18H22F3N3O4/c1-12(2)8-22-10-14(7-16(22)25)17(26)23(11-18(19,20)21)9-13-5-3-4-6-15(13)24(27)28/h3-6,12,14H,7-11H2,1-2H3. The molecule has 0 aliphatic carbocycles. The number of likely N-dealkylation sites (tertiary alicyclic amines) is 1. The van der Waals surface area contributed by atoms with Gasteiger partial charge in [0.15, 0.2) is 0 Å². The fourth-order valence-electron chi connectivity index (χ4n) is 3.27. The van der Waals surface area contributed by atoms with Gasteiger partial charge in [0.1, 0.15) is 6.54 Å². The number of rotatable bonds is 7. The molecule has 7 nitrogen and oxygen atoms in total. The van der Waals surface area contributed by atoms with Crippen LogP contribution in [0.25, 0.3) is 0 Å². The summed E-state index contributed by atoms with van der Waals surface area (Å²) in [6, 6.07) is 5.35. The van der Waals surface area contributed by atoms with Gasteiger partial charge in [-0.3, -0.25) is 19.7 Å². The average molecular weight is 401 g/mol. The minimum atomic E-state index is -4.67. The van der Waals surface area contributed by atoms with E-state index in [1.165, 1.54) is 29.2 Å². The highest BCUT2D eigenvalue weighted by atomic mass is 19.4. The van der Waals surface area contributed by atoms with E-state index in [-0.39, 0.29) is 36.0 Å². The number of alkyl halides is 3. The lowest BCUT2D eigenvalue weighted by molar-refractivity contribution is -0.385. The first-order valence-corrected chi connectivity index (χ1v) is 8.83. The lowest BCUT2D eigenvalue weighted by Crippen LogP contribution is -2.42. The summed E-state index contributed by atoms with van der Waals surface area (Å²) in [6.07, 6.45) is -4.82. The van der Waals surface area contributed by atoms with Gasteiger partial charge in [0.05, 0.1) is 17.4 Å². The Balaban J connectivity index is 2.23. The molecule has 2 amide bonds. The summed E-state index contributed by atoms with van der Waals surface area (Å²) in [5, 5.41) is 11.1. The van der Waals surface area contributed by atoms with Crippen molar-refractivity contribution in [3.8, 4) is 0 Å². The lowest BCUT2D eigenvalue weighted by atomic mass is 10.1. The zero-order chi connectivity index (χ0) is 21.1. The monoisotopic (exact) mass is 401 g/mol. The van der Waals surface area contributed by atoms with Crippen LogP contribution in [0.3, 0.4) is 0 Å². The Morgan fingerprint density at radius 3 is 2.57 bits per heavy atom. The van der Waals surface area contributed by atoms with E-state index in [1.807, 2.05) is 13.8 Å². The maximum absolute atomic E-state index is 13.0. The first-order valence-electron chi connectivity index (χ1n) is 8.83. The van der Waals surface area contributed by atoms with Crippen LogP contribution in [0.15, 0.2) is 24.3 Å². The molecular weight excluding hydrogens is 379 g/mol. The molecule has 154 valence electrons. The number of amides is 2. The molecule has 1 heterocycles. The van der Waals surface area contributed by atoms with Crippen molar-refractivity contribution in [1.29, 1.82) is 0 Å². The molecule has 0 aromatic heterocycles. The van der Waals surface area contributed by atoms with Crippen LogP contribution < -0.4 is 0 Å². The summed E-state index contributed by atoms with van der Waals surface area (Å²) < 4.78 is 39.1. The average Bonchev–Trinajstić information content (AvgIpc) is 2.92. The minimum Gasteiger partial charge on any atom is -0.342 e. The second kappa shape index (κ2) is 8.57. The molecule has 0 saturated carbocycles. The summed E-state index contributed by atoms with van der Waals surface area (Å²) in [5.74, 6) is -1.83. The topological polar surface area (TPSA) is 83.8 Å². The van der Waals surface area contributed by atoms with E-state index in [0.717, 1.165) is 0 Å². The number of benzene rings is 1. The van der Waals surface area contributed by atoms with Crippen LogP contribution in [0.4, 0.5) is 18.9 Å². The third kappa shape index (κ3) is 5.67. The van der Waals surface area contributed by atoms with E-state index in [1.54, 1.807) is 0 Å².